The Morgan fingerprint density at radius 3 is 1.19 bits per heavy atom. The minimum atomic E-state index is -3.45. The lowest BCUT2D eigenvalue weighted by atomic mass is 10.4. The summed E-state index contributed by atoms with van der Waals surface area (Å²) >= 11 is 0. The highest BCUT2D eigenvalue weighted by atomic mass is 28.5. The molecular weight excluding hydrogens is 444 g/mol. The van der Waals surface area contributed by atoms with E-state index in [1.807, 2.05) is 60.7 Å². The predicted octanol–water partition coefficient (Wildman–Crippen LogP) is 3.11. The van der Waals surface area contributed by atoms with Crippen molar-refractivity contribution in [2.45, 2.75) is 12.1 Å². The van der Waals surface area contributed by atoms with Crippen LogP contribution in [0, 0.1) is 0 Å². The van der Waals surface area contributed by atoms with Gasteiger partial charge in [0.2, 0.25) is 0 Å². The third-order valence-corrected chi connectivity index (χ3v) is 16.0. The smallest absolute Gasteiger partial charge is 0.386 e. The van der Waals surface area contributed by atoms with Gasteiger partial charge in [-0.1, -0.05) is 72.8 Å². The topological polar surface area (TPSA) is 55.4 Å². The molecule has 2 aromatic carbocycles. The Morgan fingerprint density at radius 1 is 0.613 bits per heavy atom. The third-order valence-electron chi connectivity index (χ3n) is 4.94. The average Bonchev–Trinajstić information content (AvgIpc) is 2.84. The summed E-state index contributed by atoms with van der Waals surface area (Å²) in [5.41, 5.74) is 0. The van der Waals surface area contributed by atoms with Crippen LogP contribution in [0.25, 0.3) is 0 Å². The van der Waals surface area contributed by atoms with E-state index in [9.17, 15) is 0 Å². The van der Waals surface area contributed by atoms with Crippen molar-refractivity contribution in [2.24, 2.45) is 0 Å². The van der Waals surface area contributed by atoms with E-state index in [0.29, 0.717) is 12.1 Å². The maximum atomic E-state index is 6.92. The van der Waals surface area contributed by atoms with E-state index in [1.165, 1.54) is 0 Å². The normalized spacial score (nSPS) is 12.5. The van der Waals surface area contributed by atoms with Gasteiger partial charge in [0, 0.05) is 40.5 Å². The molecule has 0 aliphatic rings. The van der Waals surface area contributed by atoms with Crippen molar-refractivity contribution < 1.29 is 25.9 Å². The van der Waals surface area contributed by atoms with Crippen LogP contribution in [0.4, 0.5) is 0 Å². The van der Waals surface area contributed by atoms with Crippen LogP contribution in [0.1, 0.15) is 0 Å². The van der Waals surface area contributed by atoms with Gasteiger partial charge in [0.1, 0.15) is 0 Å². The molecule has 0 aliphatic heterocycles. The van der Waals surface area contributed by atoms with Crippen LogP contribution in [-0.4, -0.2) is 54.6 Å². The lowest BCUT2D eigenvalue weighted by molar-refractivity contribution is 0.124. The van der Waals surface area contributed by atoms with Crippen molar-refractivity contribution in [3.05, 3.63) is 86.0 Å². The predicted molar refractivity (Wildman–Crippen MR) is 130 cm³/mol. The van der Waals surface area contributed by atoms with E-state index in [2.05, 4.69) is 13.2 Å². The van der Waals surface area contributed by atoms with Gasteiger partial charge in [0.25, 0.3) is 0 Å². The summed E-state index contributed by atoms with van der Waals surface area (Å²) < 4.78 is 37.3. The molecule has 31 heavy (non-hydrogen) atoms. The van der Waals surface area contributed by atoms with Crippen molar-refractivity contribution in [1.82, 2.24) is 0 Å². The zero-order valence-corrected chi connectivity index (χ0v) is 21.7. The van der Waals surface area contributed by atoms with Crippen molar-refractivity contribution in [1.29, 1.82) is 0 Å². The third kappa shape index (κ3) is 5.77. The van der Waals surface area contributed by atoms with E-state index < -0.39 is 26.2 Å². The molecule has 9 heteroatoms. The molecule has 0 heterocycles. The van der Waals surface area contributed by atoms with E-state index in [1.54, 1.807) is 40.6 Å². The molecule has 0 saturated carbocycles. The highest BCUT2D eigenvalue weighted by Gasteiger charge is 2.58. The van der Waals surface area contributed by atoms with E-state index in [0.717, 1.165) is 10.4 Å². The van der Waals surface area contributed by atoms with Gasteiger partial charge in [0.15, 0.2) is 0 Å². The summed E-state index contributed by atoms with van der Waals surface area (Å²) in [6, 6.07) is 20.6. The van der Waals surface area contributed by atoms with Crippen molar-refractivity contribution in [3.8, 4) is 0 Å². The molecule has 2 aromatic rings. The number of hydrogen-bond acceptors (Lipinski definition) is 6. The van der Waals surface area contributed by atoms with Crippen molar-refractivity contribution in [2.75, 3.05) is 28.4 Å². The average molecular weight is 477 g/mol. The number of allylic oxidation sites excluding steroid dienone is 2. The highest BCUT2D eigenvalue weighted by Crippen LogP contribution is 2.27. The molecule has 0 atom stereocenters. The highest BCUT2D eigenvalue weighted by molar-refractivity contribution is 7.00. The fraction of sp³-hybridized carbons (Fsp3) is 0.273. The summed E-state index contributed by atoms with van der Waals surface area (Å²) in [6.07, 6.45) is 3.49. The Morgan fingerprint density at radius 2 is 0.935 bits per heavy atom. The Bertz CT molecular complexity index is 741. The molecule has 0 amide bonds. The molecule has 0 aliphatic carbocycles. The zero-order chi connectivity index (χ0) is 22.8. The van der Waals surface area contributed by atoms with Gasteiger partial charge in [-0.25, -0.2) is 0 Å². The maximum Gasteiger partial charge on any atom is 0.495 e. The molecule has 0 saturated heterocycles. The second-order valence-electron chi connectivity index (χ2n) is 6.72. The molecule has 0 radical (unpaired) electrons. The van der Waals surface area contributed by atoms with Crippen LogP contribution in [0.15, 0.2) is 86.0 Å². The molecule has 6 nitrogen and oxygen atoms in total. The molecule has 0 aromatic heterocycles. The fourth-order valence-corrected chi connectivity index (χ4v) is 14.5. The summed E-state index contributed by atoms with van der Waals surface area (Å²) in [7, 11) is -3.46. The Balaban J connectivity index is 2.82. The van der Waals surface area contributed by atoms with Gasteiger partial charge < -0.3 is 25.9 Å². The van der Waals surface area contributed by atoms with Crippen LogP contribution < -0.4 is 10.4 Å². The maximum absolute atomic E-state index is 6.92. The van der Waals surface area contributed by atoms with Crippen LogP contribution in [0.2, 0.25) is 12.1 Å². The van der Waals surface area contributed by atoms with Crippen LogP contribution in [-0.2, 0) is 25.9 Å². The van der Waals surface area contributed by atoms with Crippen LogP contribution in [0.3, 0.4) is 0 Å². The Hall–Kier alpha value is -1.67. The molecule has 0 unspecified atom stereocenters. The monoisotopic (exact) mass is 476 g/mol. The Kier molecular flexibility index (Phi) is 9.75. The number of rotatable bonds is 14. The summed E-state index contributed by atoms with van der Waals surface area (Å²) in [4.78, 5) is 0. The van der Waals surface area contributed by atoms with E-state index in [-0.39, 0.29) is 0 Å². The first-order valence-corrected chi connectivity index (χ1v) is 15.6. The summed E-state index contributed by atoms with van der Waals surface area (Å²) in [5.74, 6) is 0. The van der Waals surface area contributed by atoms with Gasteiger partial charge in [-0.15, -0.1) is 13.2 Å². The Labute approximate surface area is 189 Å². The minimum Gasteiger partial charge on any atom is -0.386 e. The van der Waals surface area contributed by atoms with Gasteiger partial charge >= 0.3 is 26.2 Å². The fourth-order valence-electron chi connectivity index (χ4n) is 3.28. The van der Waals surface area contributed by atoms with E-state index >= 15 is 0 Å². The first-order valence-electron chi connectivity index (χ1n) is 9.93. The first-order chi connectivity index (χ1) is 15.0. The molecule has 2 rings (SSSR count). The van der Waals surface area contributed by atoms with Crippen molar-refractivity contribution in [3.63, 3.8) is 0 Å². The standard InChI is InChI=1S/C22H32O6Si3/c1-7-19-29(23-3,24-4)27-31(21-15-11-9-12-16-21,22-17-13-10-14-18-22)28-30(25-5,26-6)20-8-2/h7-18H,1-2,19-20H2,3-6H3. The molecule has 0 bridgehead atoms. The molecule has 0 fully saturated rings. The SMILES string of the molecule is C=CC[Si](OC)(OC)O[Si](O[Si](CC=C)(OC)OC)(c1ccccc1)c1ccccc1. The minimum absolute atomic E-state index is 0.424. The number of hydrogen-bond donors (Lipinski definition) is 0. The number of benzene rings is 2. The van der Waals surface area contributed by atoms with Crippen LogP contribution >= 0.6 is 0 Å². The molecule has 0 N–H and O–H groups in total. The van der Waals surface area contributed by atoms with Crippen LogP contribution in [0.5, 0.6) is 0 Å². The van der Waals surface area contributed by atoms with Crippen molar-refractivity contribution >= 4 is 36.5 Å². The summed E-state index contributed by atoms with van der Waals surface area (Å²) in [5, 5.41) is 1.79. The van der Waals surface area contributed by atoms with Gasteiger partial charge in [0.05, 0.1) is 0 Å². The van der Waals surface area contributed by atoms with Gasteiger partial charge in [-0.2, -0.15) is 0 Å². The zero-order valence-electron chi connectivity index (χ0n) is 18.7. The lowest BCUT2D eigenvalue weighted by Gasteiger charge is -2.42. The lowest BCUT2D eigenvalue weighted by Crippen LogP contribution is -2.73. The quantitative estimate of drug-likeness (QED) is 0.308. The molecular formula is C22H32O6Si3. The van der Waals surface area contributed by atoms with Gasteiger partial charge in [-0.3, -0.25) is 0 Å². The van der Waals surface area contributed by atoms with Gasteiger partial charge in [-0.05, 0) is 10.4 Å². The first kappa shape index (κ1) is 25.6. The molecule has 0 spiro atoms. The second-order valence-corrected chi connectivity index (χ2v) is 15.9. The second kappa shape index (κ2) is 11.8. The molecule has 168 valence electrons. The largest absolute Gasteiger partial charge is 0.495 e. The summed E-state index contributed by atoms with van der Waals surface area (Å²) in [6.45, 7) is 7.74. The van der Waals surface area contributed by atoms with E-state index in [4.69, 9.17) is 25.9 Å².